The van der Waals surface area contributed by atoms with Crippen molar-refractivity contribution in [3.63, 3.8) is 0 Å². The second-order valence-electron chi connectivity index (χ2n) is 6.26. The highest BCUT2D eigenvalue weighted by atomic mass is 16.6. The number of hydrogen-bond donors (Lipinski definition) is 0. The smallest absolute Gasteiger partial charge is 0.312 e. The quantitative estimate of drug-likeness (QED) is 0.775. The van der Waals surface area contributed by atoms with Gasteiger partial charge in [0, 0.05) is 31.6 Å². The number of methoxy groups -OCH3 is 2. The molecule has 24 heavy (non-hydrogen) atoms. The van der Waals surface area contributed by atoms with Gasteiger partial charge in [-0.05, 0) is 25.0 Å². The summed E-state index contributed by atoms with van der Waals surface area (Å²) in [6, 6.07) is 7.74. The minimum atomic E-state index is -0.538. The molecule has 2 heterocycles. The largest absolute Gasteiger partial charge is 0.496 e. The summed E-state index contributed by atoms with van der Waals surface area (Å²) in [7, 11) is 3.08. The number of ether oxygens (including phenoxy) is 3. The van der Waals surface area contributed by atoms with Gasteiger partial charge in [0.2, 0.25) is 0 Å². The summed E-state index contributed by atoms with van der Waals surface area (Å²) in [6.45, 7) is 1.14. The van der Waals surface area contributed by atoms with Crippen molar-refractivity contribution in [2.24, 2.45) is 10.6 Å². The van der Waals surface area contributed by atoms with Crippen LogP contribution < -0.4 is 4.74 Å². The van der Waals surface area contributed by atoms with Gasteiger partial charge >= 0.3 is 5.97 Å². The van der Waals surface area contributed by atoms with Gasteiger partial charge in [0.05, 0.1) is 25.3 Å². The van der Waals surface area contributed by atoms with Crippen LogP contribution in [-0.2, 0) is 19.1 Å². The number of benzene rings is 1. The molecule has 0 radical (unpaired) electrons. The second kappa shape index (κ2) is 7.21. The fourth-order valence-corrected chi connectivity index (χ4v) is 3.49. The molecule has 1 saturated heterocycles. The molecule has 1 atom stereocenters. The Labute approximate surface area is 141 Å². The highest BCUT2D eigenvalue weighted by Gasteiger charge is 2.44. The summed E-state index contributed by atoms with van der Waals surface area (Å²) < 4.78 is 15.8. The van der Waals surface area contributed by atoms with Crippen molar-refractivity contribution >= 4 is 11.7 Å². The fraction of sp³-hybridized carbons (Fsp3) is 0.556. The van der Waals surface area contributed by atoms with E-state index in [0.29, 0.717) is 38.9 Å². The molecule has 0 N–H and O–H groups in total. The van der Waals surface area contributed by atoms with Gasteiger partial charge in [-0.3, -0.25) is 4.79 Å². The molecular formula is C18H23NO5. The standard InChI is InChI=1S/C18H23NO5/c1-21-16-6-4-3-5-14(16)15-11-13(24-19-15)12-18(17(20)22-2)7-9-23-10-8-18/h3-6,13H,7-12H2,1-2H3/t13-/m0/s1. The van der Waals surface area contributed by atoms with Gasteiger partial charge in [0.1, 0.15) is 11.9 Å². The molecule has 0 bridgehead atoms. The summed E-state index contributed by atoms with van der Waals surface area (Å²) in [6.07, 6.45) is 2.42. The predicted molar refractivity (Wildman–Crippen MR) is 88.1 cm³/mol. The Hall–Kier alpha value is -2.08. The molecule has 3 rings (SSSR count). The molecule has 1 aromatic carbocycles. The molecular weight excluding hydrogens is 310 g/mol. The molecule has 130 valence electrons. The molecule has 6 nitrogen and oxygen atoms in total. The van der Waals surface area contributed by atoms with Gasteiger partial charge in [-0.1, -0.05) is 17.3 Å². The summed E-state index contributed by atoms with van der Waals surface area (Å²) in [5.41, 5.74) is 1.25. The van der Waals surface area contributed by atoms with E-state index < -0.39 is 5.41 Å². The van der Waals surface area contributed by atoms with Crippen LogP contribution in [0.15, 0.2) is 29.4 Å². The van der Waals surface area contributed by atoms with E-state index in [1.807, 2.05) is 24.3 Å². The molecule has 0 aliphatic carbocycles. The van der Waals surface area contributed by atoms with Crippen LogP contribution in [0.5, 0.6) is 5.75 Å². The first-order valence-corrected chi connectivity index (χ1v) is 8.21. The molecule has 0 saturated carbocycles. The summed E-state index contributed by atoms with van der Waals surface area (Å²) >= 11 is 0. The monoisotopic (exact) mass is 333 g/mol. The van der Waals surface area contributed by atoms with Crippen LogP contribution in [0.4, 0.5) is 0 Å². The Morgan fingerprint density at radius 1 is 1.29 bits per heavy atom. The minimum Gasteiger partial charge on any atom is -0.496 e. The average Bonchev–Trinajstić information content (AvgIpc) is 3.09. The lowest BCUT2D eigenvalue weighted by Gasteiger charge is -2.35. The Bertz CT molecular complexity index is 622. The molecule has 0 amide bonds. The highest BCUT2D eigenvalue weighted by Crippen LogP contribution is 2.39. The SMILES string of the molecule is COC(=O)C1(C[C@@H]2CC(c3ccccc3OC)=NO2)CCOCC1. The van der Waals surface area contributed by atoms with E-state index in [1.54, 1.807) is 7.11 Å². The van der Waals surface area contributed by atoms with Gasteiger partial charge in [-0.25, -0.2) is 0 Å². The van der Waals surface area contributed by atoms with Crippen LogP contribution in [0.1, 0.15) is 31.2 Å². The average molecular weight is 333 g/mol. The molecule has 2 aliphatic heterocycles. The maximum Gasteiger partial charge on any atom is 0.312 e. The third-order valence-electron chi connectivity index (χ3n) is 4.84. The summed E-state index contributed by atoms with van der Waals surface area (Å²) in [5, 5.41) is 4.23. The van der Waals surface area contributed by atoms with E-state index in [2.05, 4.69) is 5.16 Å². The first kappa shape index (κ1) is 16.8. The normalized spacial score (nSPS) is 22.4. The number of carbonyl (C=O) groups excluding carboxylic acids is 1. The second-order valence-corrected chi connectivity index (χ2v) is 6.26. The number of para-hydroxylation sites is 1. The van der Waals surface area contributed by atoms with Crippen molar-refractivity contribution in [3.05, 3.63) is 29.8 Å². The Morgan fingerprint density at radius 3 is 2.75 bits per heavy atom. The molecule has 6 heteroatoms. The lowest BCUT2D eigenvalue weighted by molar-refractivity contribution is -0.162. The van der Waals surface area contributed by atoms with Crippen LogP contribution in [0.2, 0.25) is 0 Å². The van der Waals surface area contributed by atoms with Crippen molar-refractivity contribution in [3.8, 4) is 5.75 Å². The van der Waals surface area contributed by atoms with E-state index in [0.717, 1.165) is 17.0 Å². The van der Waals surface area contributed by atoms with Crippen molar-refractivity contribution in [1.82, 2.24) is 0 Å². The minimum absolute atomic E-state index is 0.137. The van der Waals surface area contributed by atoms with E-state index in [9.17, 15) is 4.79 Å². The van der Waals surface area contributed by atoms with Gasteiger partial charge in [0.15, 0.2) is 0 Å². The van der Waals surface area contributed by atoms with Crippen LogP contribution in [0.25, 0.3) is 0 Å². The maximum absolute atomic E-state index is 12.3. The third kappa shape index (κ3) is 3.24. The van der Waals surface area contributed by atoms with E-state index in [4.69, 9.17) is 19.0 Å². The lowest BCUT2D eigenvalue weighted by Crippen LogP contribution is -2.41. The first-order valence-electron chi connectivity index (χ1n) is 8.21. The Morgan fingerprint density at radius 2 is 2.04 bits per heavy atom. The fourth-order valence-electron chi connectivity index (χ4n) is 3.49. The van der Waals surface area contributed by atoms with E-state index >= 15 is 0 Å². The van der Waals surface area contributed by atoms with Gasteiger partial charge in [-0.2, -0.15) is 0 Å². The van der Waals surface area contributed by atoms with E-state index in [1.165, 1.54) is 7.11 Å². The van der Waals surface area contributed by atoms with Crippen molar-refractivity contribution in [1.29, 1.82) is 0 Å². The third-order valence-corrected chi connectivity index (χ3v) is 4.84. The highest BCUT2D eigenvalue weighted by molar-refractivity contribution is 6.03. The van der Waals surface area contributed by atoms with Crippen LogP contribution in [0.3, 0.4) is 0 Å². The van der Waals surface area contributed by atoms with E-state index in [-0.39, 0.29) is 12.1 Å². The van der Waals surface area contributed by atoms with Crippen LogP contribution in [0, 0.1) is 5.41 Å². The zero-order chi connectivity index (χ0) is 17.0. The Kier molecular flexibility index (Phi) is 5.04. The Balaban J connectivity index is 1.71. The topological polar surface area (TPSA) is 66.4 Å². The molecule has 0 unspecified atom stereocenters. The zero-order valence-electron chi connectivity index (χ0n) is 14.1. The number of rotatable bonds is 5. The molecule has 0 spiro atoms. The zero-order valence-corrected chi connectivity index (χ0v) is 14.1. The number of carbonyl (C=O) groups is 1. The number of hydrogen-bond acceptors (Lipinski definition) is 6. The number of nitrogens with zero attached hydrogens (tertiary/aromatic N) is 1. The van der Waals surface area contributed by atoms with Crippen molar-refractivity contribution < 1.29 is 23.8 Å². The predicted octanol–water partition coefficient (Wildman–Crippen LogP) is 2.55. The van der Waals surface area contributed by atoms with Crippen molar-refractivity contribution in [2.75, 3.05) is 27.4 Å². The summed E-state index contributed by atoms with van der Waals surface area (Å²) in [5.74, 6) is 0.592. The van der Waals surface area contributed by atoms with Crippen LogP contribution in [-0.4, -0.2) is 45.2 Å². The number of oxime groups is 1. The van der Waals surface area contributed by atoms with Crippen molar-refractivity contribution in [2.45, 2.75) is 31.8 Å². The van der Waals surface area contributed by atoms with Gasteiger partial charge in [0.25, 0.3) is 0 Å². The summed E-state index contributed by atoms with van der Waals surface area (Å²) in [4.78, 5) is 18.0. The van der Waals surface area contributed by atoms with Gasteiger partial charge < -0.3 is 19.0 Å². The first-order chi connectivity index (χ1) is 11.7. The van der Waals surface area contributed by atoms with Crippen LogP contribution >= 0.6 is 0 Å². The molecule has 1 fully saturated rings. The molecule has 0 aromatic heterocycles. The lowest BCUT2D eigenvalue weighted by atomic mass is 9.75. The van der Waals surface area contributed by atoms with Gasteiger partial charge in [-0.15, -0.1) is 0 Å². The molecule has 2 aliphatic rings. The molecule has 1 aromatic rings. The maximum atomic E-state index is 12.3. The number of esters is 1.